The normalized spacial score (nSPS) is 10.5. The molecular formula is C14H18BNO2. The van der Waals surface area contributed by atoms with Crippen LogP contribution in [0.25, 0.3) is 10.9 Å². The summed E-state index contributed by atoms with van der Waals surface area (Å²) in [6.07, 6.45) is 3.55. The summed E-state index contributed by atoms with van der Waals surface area (Å²) in [6, 6.07) is 9.15. The van der Waals surface area contributed by atoms with E-state index >= 15 is 0 Å². The third-order valence-electron chi connectivity index (χ3n) is 2.96. The fraction of sp³-hybridized carbons (Fsp3) is 0.357. The average Bonchev–Trinajstić information content (AvgIpc) is 2.38. The zero-order chi connectivity index (χ0) is 12.8. The van der Waals surface area contributed by atoms with E-state index in [1.54, 1.807) is 0 Å². The molecular weight excluding hydrogens is 225 g/mol. The van der Waals surface area contributed by atoms with Crippen LogP contribution in [0.2, 0.25) is 13.1 Å². The van der Waals surface area contributed by atoms with Crippen molar-refractivity contribution in [3.63, 3.8) is 0 Å². The zero-order valence-corrected chi connectivity index (χ0v) is 10.7. The summed E-state index contributed by atoms with van der Waals surface area (Å²) in [5.74, 6) is 0.820. The number of aromatic nitrogens is 1. The first-order valence-corrected chi connectivity index (χ1v) is 6.55. The van der Waals surface area contributed by atoms with Gasteiger partial charge in [-0.05, 0) is 30.0 Å². The summed E-state index contributed by atoms with van der Waals surface area (Å²) in [5.41, 5.74) is 0.746. The Morgan fingerprint density at radius 3 is 2.89 bits per heavy atom. The molecule has 2 rings (SSSR count). The van der Waals surface area contributed by atoms with E-state index in [2.05, 4.69) is 11.8 Å². The molecule has 0 amide bonds. The van der Waals surface area contributed by atoms with Crippen molar-refractivity contribution in [1.82, 2.24) is 4.98 Å². The van der Waals surface area contributed by atoms with Crippen molar-refractivity contribution in [2.75, 3.05) is 6.61 Å². The molecule has 0 aliphatic rings. The molecule has 0 atom stereocenters. The van der Waals surface area contributed by atoms with E-state index in [9.17, 15) is 4.79 Å². The Morgan fingerprint density at radius 1 is 1.22 bits per heavy atom. The maximum Gasteiger partial charge on any atom is 0.248 e. The number of pyridine rings is 1. The first-order chi connectivity index (χ1) is 8.79. The highest BCUT2D eigenvalue weighted by Crippen LogP contribution is 2.18. The molecule has 0 saturated carbocycles. The largest absolute Gasteiger partial charge is 0.494 e. The van der Waals surface area contributed by atoms with Gasteiger partial charge in [0.2, 0.25) is 5.56 Å². The van der Waals surface area contributed by atoms with Crippen molar-refractivity contribution in [2.24, 2.45) is 0 Å². The molecule has 2 aromatic rings. The molecule has 3 nitrogen and oxygen atoms in total. The van der Waals surface area contributed by atoms with E-state index < -0.39 is 0 Å². The fourth-order valence-electron chi connectivity index (χ4n) is 1.94. The Kier molecular flexibility index (Phi) is 4.45. The maximum atomic E-state index is 11.2. The second kappa shape index (κ2) is 6.29. The fourth-order valence-corrected chi connectivity index (χ4v) is 1.94. The maximum absolute atomic E-state index is 11.2. The van der Waals surface area contributed by atoms with Crippen molar-refractivity contribution in [3.8, 4) is 5.75 Å². The molecule has 0 aliphatic heterocycles. The van der Waals surface area contributed by atoms with Gasteiger partial charge in [-0.2, -0.15) is 0 Å². The van der Waals surface area contributed by atoms with Crippen molar-refractivity contribution in [1.29, 1.82) is 0 Å². The SMILES string of the molecule is CBCCCCOc1ccc2ccc(=O)[nH]c2c1. The van der Waals surface area contributed by atoms with E-state index in [4.69, 9.17) is 4.74 Å². The van der Waals surface area contributed by atoms with Crippen LogP contribution in [0.1, 0.15) is 12.8 Å². The molecule has 1 heterocycles. The quantitative estimate of drug-likeness (QED) is 0.625. The summed E-state index contributed by atoms with van der Waals surface area (Å²) in [4.78, 5) is 14.0. The molecule has 0 spiro atoms. The third kappa shape index (κ3) is 3.39. The van der Waals surface area contributed by atoms with Crippen LogP contribution < -0.4 is 10.3 Å². The van der Waals surface area contributed by atoms with Gasteiger partial charge in [0.05, 0.1) is 12.1 Å². The number of benzene rings is 1. The third-order valence-corrected chi connectivity index (χ3v) is 2.96. The molecule has 18 heavy (non-hydrogen) atoms. The van der Waals surface area contributed by atoms with Crippen molar-refractivity contribution in [2.45, 2.75) is 26.0 Å². The molecule has 94 valence electrons. The van der Waals surface area contributed by atoms with Crippen molar-refractivity contribution in [3.05, 3.63) is 40.7 Å². The van der Waals surface area contributed by atoms with Crippen LogP contribution in [0.4, 0.5) is 0 Å². The topological polar surface area (TPSA) is 42.1 Å². The first kappa shape index (κ1) is 12.7. The van der Waals surface area contributed by atoms with Gasteiger partial charge in [-0.25, -0.2) is 0 Å². The Hall–Kier alpha value is -1.71. The molecule has 0 bridgehead atoms. The minimum absolute atomic E-state index is 0.0809. The predicted octanol–water partition coefficient (Wildman–Crippen LogP) is 2.59. The van der Waals surface area contributed by atoms with Crippen molar-refractivity contribution >= 4 is 18.2 Å². The van der Waals surface area contributed by atoms with Gasteiger partial charge >= 0.3 is 0 Å². The Balaban J connectivity index is 1.99. The molecule has 1 aromatic heterocycles. The second-order valence-corrected chi connectivity index (χ2v) is 4.48. The van der Waals surface area contributed by atoms with Crippen LogP contribution in [0.5, 0.6) is 5.75 Å². The van der Waals surface area contributed by atoms with Gasteiger partial charge < -0.3 is 9.72 Å². The lowest BCUT2D eigenvalue weighted by Gasteiger charge is -2.06. The molecule has 0 fully saturated rings. The average molecular weight is 243 g/mol. The van der Waals surface area contributed by atoms with Gasteiger partial charge in [0.15, 0.2) is 0 Å². The highest BCUT2D eigenvalue weighted by Gasteiger charge is 1.98. The van der Waals surface area contributed by atoms with E-state index in [1.807, 2.05) is 24.3 Å². The van der Waals surface area contributed by atoms with Crippen LogP contribution in [0, 0.1) is 0 Å². The molecule has 4 heteroatoms. The number of fused-ring (bicyclic) bond motifs is 1. The van der Waals surface area contributed by atoms with E-state index in [-0.39, 0.29) is 5.56 Å². The van der Waals surface area contributed by atoms with Crippen LogP contribution >= 0.6 is 0 Å². The highest BCUT2D eigenvalue weighted by molar-refractivity contribution is 6.33. The minimum atomic E-state index is -0.0809. The van der Waals surface area contributed by atoms with E-state index in [0.29, 0.717) is 0 Å². The zero-order valence-electron chi connectivity index (χ0n) is 10.7. The predicted molar refractivity (Wildman–Crippen MR) is 77.1 cm³/mol. The number of hydrogen-bond acceptors (Lipinski definition) is 2. The van der Waals surface area contributed by atoms with Gasteiger partial charge in [-0.1, -0.05) is 19.6 Å². The van der Waals surface area contributed by atoms with Gasteiger partial charge in [-0.15, -0.1) is 0 Å². The van der Waals surface area contributed by atoms with Crippen molar-refractivity contribution < 1.29 is 4.74 Å². The smallest absolute Gasteiger partial charge is 0.248 e. The lowest BCUT2D eigenvalue weighted by molar-refractivity contribution is 0.309. The summed E-state index contributed by atoms with van der Waals surface area (Å²) in [6.45, 7) is 2.93. The number of H-pyrrole nitrogens is 1. The summed E-state index contributed by atoms with van der Waals surface area (Å²) >= 11 is 0. The second-order valence-electron chi connectivity index (χ2n) is 4.48. The molecule has 0 radical (unpaired) electrons. The van der Waals surface area contributed by atoms with Gasteiger partial charge in [-0.3, -0.25) is 4.79 Å². The van der Waals surface area contributed by atoms with Crippen LogP contribution in [-0.2, 0) is 0 Å². The highest BCUT2D eigenvalue weighted by atomic mass is 16.5. The summed E-state index contributed by atoms with van der Waals surface area (Å²) in [5, 5.41) is 1.02. The van der Waals surface area contributed by atoms with Crippen LogP contribution in [0.15, 0.2) is 35.1 Å². The van der Waals surface area contributed by atoms with Crippen LogP contribution in [0.3, 0.4) is 0 Å². The number of ether oxygens (including phenoxy) is 1. The molecule has 0 saturated heterocycles. The van der Waals surface area contributed by atoms with Gasteiger partial charge in [0, 0.05) is 12.1 Å². The summed E-state index contributed by atoms with van der Waals surface area (Å²) in [7, 11) is 1.23. The van der Waals surface area contributed by atoms with Gasteiger partial charge in [0.1, 0.15) is 13.0 Å². The molecule has 0 aliphatic carbocycles. The Morgan fingerprint density at radius 2 is 2.06 bits per heavy atom. The minimum Gasteiger partial charge on any atom is -0.494 e. The lowest BCUT2D eigenvalue weighted by atomic mass is 9.76. The number of hydrogen-bond donors (Lipinski definition) is 1. The standard InChI is InChI=1S/C14H18BNO2/c1-15-8-2-3-9-18-12-6-4-11-5-7-14(17)16-13(11)10-12/h4-7,10,15H,2-3,8-9H2,1H3,(H,16,17). The number of nitrogens with one attached hydrogen (secondary N) is 1. The number of rotatable bonds is 6. The number of unbranched alkanes of at least 4 members (excludes halogenated alkanes) is 1. The molecule has 0 unspecified atom stereocenters. The Labute approximate surface area is 107 Å². The monoisotopic (exact) mass is 243 g/mol. The Bertz CT molecular complexity index is 565. The van der Waals surface area contributed by atoms with Crippen LogP contribution in [-0.4, -0.2) is 18.9 Å². The molecule has 1 aromatic carbocycles. The van der Waals surface area contributed by atoms with Gasteiger partial charge in [0.25, 0.3) is 0 Å². The summed E-state index contributed by atoms with van der Waals surface area (Å²) < 4.78 is 5.68. The molecule has 1 N–H and O–H groups in total. The first-order valence-electron chi connectivity index (χ1n) is 6.55. The number of aromatic amines is 1. The lowest BCUT2D eigenvalue weighted by Crippen LogP contribution is -2.03. The van der Waals surface area contributed by atoms with E-state index in [1.165, 1.54) is 26.1 Å². The van der Waals surface area contributed by atoms with E-state index in [0.717, 1.165) is 29.7 Å².